The molecule has 1 aliphatic heterocycles. The maximum atomic E-state index is 13.3. The summed E-state index contributed by atoms with van der Waals surface area (Å²) in [7, 11) is 0. The average Bonchev–Trinajstić information content (AvgIpc) is 2.72. The number of hydrogen-bond donors (Lipinski definition) is 0. The summed E-state index contributed by atoms with van der Waals surface area (Å²) in [4.78, 5) is 28.1. The van der Waals surface area contributed by atoms with E-state index < -0.39 is 5.82 Å². The normalized spacial score (nSPS) is 14.1. The minimum absolute atomic E-state index is 0.0144. The van der Waals surface area contributed by atoms with Gasteiger partial charge in [-0.1, -0.05) is 6.07 Å². The zero-order valence-corrected chi connectivity index (χ0v) is 15.4. The van der Waals surface area contributed by atoms with E-state index in [-0.39, 0.29) is 17.6 Å². The molecule has 0 aliphatic carbocycles. The summed E-state index contributed by atoms with van der Waals surface area (Å²) in [5.74, 6) is -0.404. The van der Waals surface area contributed by atoms with Crippen LogP contribution in [0.5, 0.6) is 5.75 Å². The molecule has 1 fully saturated rings. The lowest BCUT2D eigenvalue weighted by Gasteiger charge is -2.35. The molecule has 0 N–H and O–H groups in total. The van der Waals surface area contributed by atoms with E-state index in [2.05, 4.69) is 0 Å². The SMILES string of the molecule is O=C(CCCOc1ccc(F)cc1)N1CCN(C(=O)c2cccc(F)c2)CC1. The lowest BCUT2D eigenvalue weighted by molar-refractivity contribution is -0.132. The number of piperazine rings is 1. The van der Waals surface area contributed by atoms with Crippen LogP contribution in [0.4, 0.5) is 8.78 Å². The number of halogens is 2. The highest BCUT2D eigenvalue weighted by atomic mass is 19.1. The third-order valence-corrected chi connectivity index (χ3v) is 4.61. The number of nitrogens with zero attached hydrogens (tertiary/aromatic N) is 2. The third kappa shape index (κ3) is 5.28. The van der Waals surface area contributed by atoms with Gasteiger partial charge < -0.3 is 14.5 Å². The predicted octanol–water partition coefficient (Wildman–Crippen LogP) is 3.11. The second-order valence-electron chi connectivity index (χ2n) is 6.59. The first-order valence-corrected chi connectivity index (χ1v) is 9.24. The molecule has 0 unspecified atom stereocenters. The third-order valence-electron chi connectivity index (χ3n) is 4.61. The molecule has 0 bridgehead atoms. The van der Waals surface area contributed by atoms with Crippen LogP contribution >= 0.6 is 0 Å². The van der Waals surface area contributed by atoms with Crippen molar-refractivity contribution in [2.75, 3.05) is 32.8 Å². The molecule has 2 amide bonds. The van der Waals surface area contributed by atoms with Crippen LogP contribution < -0.4 is 4.74 Å². The molecule has 1 aliphatic rings. The first-order chi connectivity index (χ1) is 13.5. The van der Waals surface area contributed by atoms with Crippen LogP contribution in [0.1, 0.15) is 23.2 Å². The van der Waals surface area contributed by atoms with Crippen molar-refractivity contribution in [3.63, 3.8) is 0 Å². The van der Waals surface area contributed by atoms with Crippen LogP contribution in [0.3, 0.4) is 0 Å². The van der Waals surface area contributed by atoms with Gasteiger partial charge in [0.15, 0.2) is 0 Å². The van der Waals surface area contributed by atoms with E-state index in [4.69, 9.17) is 4.74 Å². The fraction of sp³-hybridized carbons (Fsp3) is 0.333. The highest BCUT2D eigenvalue weighted by Crippen LogP contribution is 2.13. The minimum atomic E-state index is -0.442. The predicted molar refractivity (Wildman–Crippen MR) is 100 cm³/mol. The highest BCUT2D eigenvalue weighted by Gasteiger charge is 2.24. The molecule has 0 atom stereocenters. The van der Waals surface area contributed by atoms with E-state index in [0.717, 1.165) is 0 Å². The van der Waals surface area contributed by atoms with E-state index in [1.165, 1.54) is 30.3 Å². The van der Waals surface area contributed by atoms with Gasteiger partial charge in [-0.15, -0.1) is 0 Å². The summed E-state index contributed by atoms with van der Waals surface area (Å²) < 4.78 is 31.6. The Hall–Kier alpha value is -2.96. The van der Waals surface area contributed by atoms with Gasteiger partial charge in [-0.25, -0.2) is 8.78 Å². The van der Waals surface area contributed by atoms with Gasteiger partial charge in [0, 0.05) is 38.2 Å². The summed E-state index contributed by atoms with van der Waals surface area (Å²) in [6.07, 6.45) is 0.900. The number of benzene rings is 2. The van der Waals surface area contributed by atoms with E-state index in [1.807, 2.05) is 0 Å². The molecular formula is C21H22F2N2O3. The fourth-order valence-electron chi connectivity index (χ4n) is 3.07. The molecule has 3 rings (SSSR count). The second-order valence-corrected chi connectivity index (χ2v) is 6.59. The summed E-state index contributed by atoms with van der Waals surface area (Å²) >= 11 is 0. The first kappa shape index (κ1) is 19.8. The zero-order valence-electron chi connectivity index (χ0n) is 15.4. The van der Waals surface area contributed by atoms with E-state index in [9.17, 15) is 18.4 Å². The second kappa shape index (κ2) is 9.30. The van der Waals surface area contributed by atoms with Crippen molar-refractivity contribution >= 4 is 11.8 Å². The summed E-state index contributed by atoms with van der Waals surface area (Å²) in [5.41, 5.74) is 0.317. The Bertz CT molecular complexity index is 819. The van der Waals surface area contributed by atoms with E-state index in [0.29, 0.717) is 56.9 Å². The summed E-state index contributed by atoms with van der Waals surface area (Å²) in [5, 5.41) is 0. The topological polar surface area (TPSA) is 49.9 Å². The minimum Gasteiger partial charge on any atom is -0.494 e. The van der Waals surface area contributed by atoms with Gasteiger partial charge in [0.05, 0.1) is 6.61 Å². The fourth-order valence-corrected chi connectivity index (χ4v) is 3.07. The van der Waals surface area contributed by atoms with Gasteiger partial charge >= 0.3 is 0 Å². The Morgan fingerprint density at radius 1 is 0.893 bits per heavy atom. The van der Waals surface area contributed by atoms with Crippen LogP contribution in [0, 0.1) is 11.6 Å². The standard InChI is InChI=1S/C21H22F2N2O3/c22-17-6-8-19(9-7-17)28-14-2-5-20(26)24-10-12-25(13-11-24)21(27)16-3-1-4-18(23)15-16/h1,3-4,6-9,15H,2,5,10-14H2. The molecule has 0 spiro atoms. The number of carbonyl (C=O) groups excluding carboxylic acids is 2. The van der Waals surface area contributed by atoms with Gasteiger partial charge in [0.2, 0.25) is 5.91 Å². The highest BCUT2D eigenvalue weighted by molar-refractivity contribution is 5.94. The molecule has 1 saturated heterocycles. The monoisotopic (exact) mass is 388 g/mol. The summed E-state index contributed by atoms with van der Waals surface area (Å²) in [6, 6.07) is 11.4. The number of hydrogen-bond acceptors (Lipinski definition) is 3. The molecular weight excluding hydrogens is 366 g/mol. The lowest BCUT2D eigenvalue weighted by atomic mass is 10.1. The smallest absolute Gasteiger partial charge is 0.254 e. The molecule has 1 heterocycles. The molecule has 0 aromatic heterocycles. The first-order valence-electron chi connectivity index (χ1n) is 9.24. The van der Waals surface area contributed by atoms with Crippen molar-refractivity contribution in [1.82, 2.24) is 9.80 Å². The Morgan fingerprint density at radius 3 is 2.25 bits per heavy atom. The van der Waals surface area contributed by atoms with Crippen molar-refractivity contribution in [3.8, 4) is 5.75 Å². The van der Waals surface area contributed by atoms with Crippen molar-refractivity contribution in [2.24, 2.45) is 0 Å². The largest absolute Gasteiger partial charge is 0.494 e. The van der Waals surface area contributed by atoms with Crippen LogP contribution in [-0.4, -0.2) is 54.4 Å². The Labute approximate surface area is 162 Å². The van der Waals surface area contributed by atoms with Crippen molar-refractivity contribution in [3.05, 3.63) is 65.7 Å². The van der Waals surface area contributed by atoms with Gasteiger partial charge in [0.25, 0.3) is 5.91 Å². The summed E-state index contributed by atoms with van der Waals surface area (Å²) in [6.45, 7) is 2.13. The quantitative estimate of drug-likeness (QED) is 0.715. The van der Waals surface area contributed by atoms with Crippen LogP contribution in [0.2, 0.25) is 0 Å². The number of ether oxygens (including phenoxy) is 1. The van der Waals surface area contributed by atoms with Crippen molar-refractivity contribution in [1.29, 1.82) is 0 Å². The van der Waals surface area contributed by atoms with Crippen molar-refractivity contribution < 1.29 is 23.1 Å². The zero-order chi connectivity index (χ0) is 19.9. The van der Waals surface area contributed by atoms with Crippen molar-refractivity contribution in [2.45, 2.75) is 12.8 Å². The number of carbonyl (C=O) groups is 2. The van der Waals surface area contributed by atoms with Gasteiger partial charge in [-0.05, 0) is 48.9 Å². The van der Waals surface area contributed by atoms with Crippen LogP contribution in [-0.2, 0) is 4.79 Å². The van der Waals surface area contributed by atoms with E-state index >= 15 is 0 Å². The van der Waals surface area contributed by atoms with Gasteiger partial charge in [0.1, 0.15) is 17.4 Å². The molecule has 28 heavy (non-hydrogen) atoms. The molecule has 2 aromatic rings. The van der Waals surface area contributed by atoms with Crippen LogP contribution in [0.15, 0.2) is 48.5 Å². The molecule has 5 nitrogen and oxygen atoms in total. The molecule has 148 valence electrons. The van der Waals surface area contributed by atoms with Gasteiger partial charge in [-0.3, -0.25) is 9.59 Å². The maximum Gasteiger partial charge on any atom is 0.254 e. The van der Waals surface area contributed by atoms with Crippen LogP contribution in [0.25, 0.3) is 0 Å². The Kier molecular flexibility index (Phi) is 6.57. The number of amides is 2. The maximum absolute atomic E-state index is 13.3. The van der Waals surface area contributed by atoms with E-state index in [1.54, 1.807) is 28.0 Å². The molecule has 7 heteroatoms. The lowest BCUT2D eigenvalue weighted by Crippen LogP contribution is -2.50. The molecule has 2 aromatic carbocycles. The Morgan fingerprint density at radius 2 is 1.57 bits per heavy atom. The number of rotatable bonds is 6. The molecule has 0 radical (unpaired) electrons. The molecule has 0 saturated carbocycles. The Balaban J connectivity index is 1.38. The van der Waals surface area contributed by atoms with Gasteiger partial charge in [-0.2, -0.15) is 0 Å². The average molecular weight is 388 g/mol.